The highest BCUT2D eigenvalue weighted by molar-refractivity contribution is 5.93. The molecule has 0 radical (unpaired) electrons. The highest BCUT2D eigenvalue weighted by Gasteiger charge is 2.39. The van der Waals surface area contributed by atoms with Gasteiger partial charge < -0.3 is 71.1 Å². The lowest BCUT2D eigenvalue weighted by Crippen LogP contribution is -2.54. The van der Waals surface area contributed by atoms with Crippen molar-refractivity contribution in [3.63, 3.8) is 0 Å². The number of rotatable bonds is 23. The number of carboxylic acids is 1. The zero-order valence-electron chi connectivity index (χ0n) is 39.9. The van der Waals surface area contributed by atoms with Gasteiger partial charge >= 0.3 is 12.1 Å². The van der Waals surface area contributed by atoms with Crippen LogP contribution in [0.5, 0.6) is 5.75 Å². The van der Waals surface area contributed by atoms with Gasteiger partial charge in [-0.25, -0.2) is 9.78 Å². The molecule has 2 aromatic carbocycles. The number of nitrogens with two attached hydrogens (primary N) is 1. The number of nitrogens with one attached hydrogen (secondary N) is 4. The molecule has 70 heavy (non-hydrogen) atoms. The van der Waals surface area contributed by atoms with E-state index in [9.17, 15) is 39.3 Å². The van der Waals surface area contributed by atoms with Crippen molar-refractivity contribution in [3.8, 4) is 5.75 Å². The van der Waals surface area contributed by atoms with Crippen LogP contribution >= 0.6 is 0 Å². The molecule has 380 valence electrons. The van der Waals surface area contributed by atoms with Crippen LogP contribution in [0.3, 0.4) is 0 Å². The number of aliphatic hydroxyl groups excluding tert-OH is 3. The zero-order valence-corrected chi connectivity index (χ0v) is 39.9. The number of carbonyl (C=O) groups excluding carboxylic acids is 4. The zero-order chi connectivity index (χ0) is 50.3. The van der Waals surface area contributed by atoms with Gasteiger partial charge in [-0.2, -0.15) is 4.98 Å². The van der Waals surface area contributed by atoms with Crippen LogP contribution < -0.4 is 31.7 Å². The van der Waals surface area contributed by atoms with Crippen LogP contribution in [0.4, 0.5) is 22.2 Å². The lowest BCUT2D eigenvalue weighted by molar-refractivity contribution is -0.241. The SMILES string of the molecule is CCCCCNc1nc(N)nc2ccn(Cc3ccc(CN4CCN(C(=O)OCc5ccc(OC6OC[C@H](O)[C@@H](O)[C@@H]6O)c(NC(=O)CCNC(=O)CCNC(=O)C(C)CC(=O)O)c5)CC4)cc3C)c12. The third-order valence-electron chi connectivity index (χ3n) is 12.1. The second-order valence-electron chi connectivity index (χ2n) is 17.7. The quantitative estimate of drug-likeness (QED) is 0.0482. The number of hydrogen-bond acceptors (Lipinski definition) is 16. The number of aryl methyl sites for hydroxylation is 1. The Morgan fingerprint density at radius 3 is 2.37 bits per heavy atom. The summed E-state index contributed by atoms with van der Waals surface area (Å²) in [6.07, 6.45) is -1.69. The molecule has 4 aromatic rings. The van der Waals surface area contributed by atoms with E-state index in [1.807, 2.05) is 12.3 Å². The predicted molar refractivity (Wildman–Crippen MR) is 257 cm³/mol. The minimum atomic E-state index is -1.62. The molecule has 0 spiro atoms. The van der Waals surface area contributed by atoms with Gasteiger partial charge in [-0.3, -0.25) is 24.1 Å². The Kier molecular flexibility index (Phi) is 19.1. The van der Waals surface area contributed by atoms with E-state index in [2.05, 4.69) is 72.7 Å². The molecule has 0 bridgehead atoms. The molecule has 0 saturated carbocycles. The normalized spacial score (nSPS) is 18.7. The number of amides is 4. The van der Waals surface area contributed by atoms with E-state index in [4.69, 9.17) is 25.1 Å². The van der Waals surface area contributed by atoms with Crippen molar-refractivity contribution in [1.82, 2.24) is 35.0 Å². The molecule has 22 heteroatoms. The van der Waals surface area contributed by atoms with Gasteiger partial charge in [0.2, 0.25) is 30.0 Å². The minimum absolute atomic E-state index is 0.0209. The maximum Gasteiger partial charge on any atom is 0.410 e. The van der Waals surface area contributed by atoms with Crippen molar-refractivity contribution in [1.29, 1.82) is 0 Å². The number of anilines is 3. The number of aliphatic carboxylic acids is 1. The van der Waals surface area contributed by atoms with Gasteiger partial charge in [0.15, 0.2) is 5.82 Å². The van der Waals surface area contributed by atoms with E-state index in [-0.39, 0.29) is 63.0 Å². The molecule has 6 rings (SSSR count). The molecule has 2 aliphatic heterocycles. The van der Waals surface area contributed by atoms with Gasteiger partial charge in [0.05, 0.1) is 24.2 Å². The number of hydrogen-bond donors (Lipinski definition) is 9. The van der Waals surface area contributed by atoms with E-state index in [1.54, 1.807) is 11.0 Å². The van der Waals surface area contributed by atoms with Gasteiger partial charge in [-0.15, -0.1) is 0 Å². The average Bonchev–Trinajstić information content (AvgIpc) is 3.73. The van der Waals surface area contributed by atoms with Gasteiger partial charge in [-0.1, -0.05) is 51.0 Å². The molecule has 10 N–H and O–H groups in total. The van der Waals surface area contributed by atoms with Crippen LogP contribution in [0.25, 0.3) is 11.0 Å². The molecule has 2 aromatic heterocycles. The number of unbranched alkanes of at least 4 members (excludes halogenated alkanes) is 2. The fourth-order valence-electron chi connectivity index (χ4n) is 8.08. The monoisotopic (exact) mass is 974 g/mol. The molecule has 2 aliphatic rings. The van der Waals surface area contributed by atoms with Crippen LogP contribution in [0.15, 0.2) is 48.7 Å². The maximum absolute atomic E-state index is 13.3. The first-order valence-electron chi connectivity index (χ1n) is 23.7. The average molecular weight is 975 g/mol. The van der Waals surface area contributed by atoms with Crippen LogP contribution in [0.2, 0.25) is 0 Å². The summed E-state index contributed by atoms with van der Waals surface area (Å²) >= 11 is 0. The van der Waals surface area contributed by atoms with Gasteiger partial charge in [-0.05, 0) is 53.8 Å². The Morgan fingerprint density at radius 1 is 0.886 bits per heavy atom. The summed E-state index contributed by atoms with van der Waals surface area (Å²) < 4.78 is 19.1. The lowest BCUT2D eigenvalue weighted by Gasteiger charge is -2.35. The van der Waals surface area contributed by atoms with Gasteiger partial charge in [0.25, 0.3) is 0 Å². The number of nitrogens with zero attached hydrogens (tertiary/aromatic N) is 5. The Balaban J connectivity index is 0.988. The summed E-state index contributed by atoms with van der Waals surface area (Å²) in [5.41, 5.74) is 11.8. The van der Waals surface area contributed by atoms with Crippen molar-refractivity contribution >= 4 is 58.3 Å². The number of nitrogen functional groups attached to an aromatic ring is 1. The maximum atomic E-state index is 13.3. The largest absolute Gasteiger partial charge is 0.481 e. The van der Waals surface area contributed by atoms with E-state index in [0.29, 0.717) is 44.8 Å². The molecule has 2 saturated heterocycles. The second kappa shape index (κ2) is 25.3. The summed E-state index contributed by atoms with van der Waals surface area (Å²) in [5.74, 6) is -2.33. The first-order chi connectivity index (χ1) is 33.6. The van der Waals surface area contributed by atoms with Crippen molar-refractivity contribution in [2.75, 3.05) is 68.8 Å². The third kappa shape index (κ3) is 15.0. The topological polar surface area (TPSA) is 305 Å². The van der Waals surface area contributed by atoms with Crippen molar-refractivity contribution in [3.05, 3.63) is 70.9 Å². The van der Waals surface area contributed by atoms with Gasteiger partial charge in [0, 0.05) is 83.9 Å². The minimum Gasteiger partial charge on any atom is -0.481 e. The fraction of sp³-hybridized carbons (Fsp3) is 0.521. The highest BCUT2D eigenvalue weighted by atomic mass is 16.7. The number of ether oxygens (including phenoxy) is 3. The molecule has 2 unspecified atom stereocenters. The molecule has 22 nitrogen and oxygen atoms in total. The molecular weight excluding hydrogens is 909 g/mol. The molecule has 0 aliphatic carbocycles. The molecule has 5 atom stereocenters. The summed E-state index contributed by atoms with van der Waals surface area (Å²) in [6, 6.07) is 13.0. The summed E-state index contributed by atoms with van der Waals surface area (Å²) in [6.45, 7) is 9.53. The highest BCUT2D eigenvalue weighted by Crippen LogP contribution is 2.31. The molecular formula is C48H66N10O12. The van der Waals surface area contributed by atoms with Crippen LogP contribution in [-0.4, -0.2) is 152 Å². The molecule has 2 fully saturated rings. The van der Waals surface area contributed by atoms with E-state index in [0.717, 1.165) is 53.8 Å². The number of carbonyl (C=O) groups is 5. The summed E-state index contributed by atoms with van der Waals surface area (Å²) in [4.78, 5) is 74.5. The van der Waals surface area contributed by atoms with Crippen LogP contribution in [0, 0.1) is 12.8 Å². The van der Waals surface area contributed by atoms with Crippen molar-refractivity contribution in [2.45, 2.75) is 104 Å². The Bertz CT molecular complexity index is 2440. The fourth-order valence-corrected chi connectivity index (χ4v) is 8.08. The summed E-state index contributed by atoms with van der Waals surface area (Å²) in [7, 11) is 0. The number of aliphatic hydroxyl groups is 3. The van der Waals surface area contributed by atoms with Crippen molar-refractivity contribution in [2.24, 2.45) is 5.92 Å². The Hall–Kier alpha value is -6.59. The number of carboxylic acid groups (broad SMARTS) is 1. The second-order valence-corrected chi connectivity index (χ2v) is 17.7. The van der Waals surface area contributed by atoms with Crippen molar-refractivity contribution < 1.29 is 58.6 Å². The molecule has 4 heterocycles. The number of fused-ring (bicyclic) bond motifs is 1. The standard InChI is InChI=1S/C48H66N10O12/c1-4-5-6-14-51-44-41-34(54-47(49)55-44)13-17-58(41)26-33-9-7-31(22-29(33)2)25-56-18-20-57(21-19-56)48(67)69-27-32-8-10-37(70-46-43(65)42(64)36(59)28-68-46)35(24-32)53-39(61)12-15-50-38(60)11-16-52-45(66)30(3)23-40(62)63/h7-10,13,17,22,24,30,36,42-43,46,59,64-65H,4-6,11-12,14-16,18-21,23,25-28H2,1-3H3,(H,50,60)(H,52,66)(H,53,61)(H,62,63)(H3,49,51,54,55)/t30?,36-,42+,43-,46?/m0/s1. The van der Waals surface area contributed by atoms with E-state index in [1.165, 1.54) is 24.6 Å². The predicted octanol–water partition coefficient (Wildman–Crippen LogP) is 2.31. The summed E-state index contributed by atoms with van der Waals surface area (Å²) in [5, 5.41) is 50.7. The number of piperazine rings is 1. The van der Waals surface area contributed by atoms with Crippen LogP contribution in [0.1, 0.15) is 74.6 Å². The number of benzene rings is 2. The first-order valence-corrected chi connectivity index (χ1v) is 23.7. The Labute approximate surface area is 405 Å². The van der Waals surface area contributed by atoms with Gasteiger partial charge in [0.1, 0.15) is 36.2 Å². The lowest BCUT2D eigenvalue weighted by atomic mass is 10.0. The van der Waals surface area contributed by atoms with E-state index < -0.39 is 60.3 Å². The molecule has 4 amide bonds. The third-order valence-corrected chi connectivity index (χ3v) is 12.1. The number of aromatic nitrogens is 3. The first kappa shape index (κ1) is 52.8. The van der Waals surface area contributed by atoms with E-state index >= 15 is 0 Å². The smallest absolute Gasteiger partial charge is 0.410 e. The Morgan fingerprint density at radius 2 is 1.63 bits per heavy atom. The van der Waals surface area contributed by atoms with Crippen LogP contribution in [-0.2, 0) is 48.3 Å².